The minimum absolute atomic E-state index is 0.0888. The number of rotatable bonds is 2. The Labute approximate surface area is 109 Å². The van der Waals surface area contributed by atoms with E-state index >= 15 is 0 Å². The molecule has 0 aromatic carbocycles. The van der Waals surface area contributed by atoms with Gasteiger partial charge in [-0.15, -0.1) is 0 Å². The quantitative estimate of drug-likeness (QED) is 0.880. The highest BCUT2D eigenvalue weighted by Gasteiger charge is 2.34. The number of hydrogen-bond acceptors (Lipinski definition) is 3. The fourth-order valence-electron chi connectivity index (χ4n) is 1.96. The van der Waals surface area contributed by atoms with Crippen LogP contribution in [0.2, 0.25) is 0 Å². The Kier molecular flexibility index (Phi) is 3.79. The summed E-state index contributed by atoms with van der Waals surface area (Å²) in [7, 11) is 0. The second-order valence-corrected chi connectivity index (χ2v) is 5.47. The number of aromatic nitrogens is 1. The minimum atomic E-state index is -0.270. The topological polar surface area (TPSA) is 54.0 Å². The van der Waals surface area contributed by atoms with Gasteiger partial charge < -0.3 is 10.6 Å². The molecular formula is C12H16BrN3O. The van der Waals surface area contributed by atoms with Crippen molar-refractivity contribution in [2.45, 2.75) is 19.8 Å². The Morgan fingerprint density at radius 2 is 2.24 bits per heavy atom. The maximum absolute atomic E-state index is 12.3. The van der Waals surface area contributed by atoms with Crippen molar-refractivity contribution in [2.75, 3.05) is 18.4 Å². The van der Waals surface area contributed by atoms with E-state index in [9.17, 15) is 4.79 Å². The number of halogens is 1. The molecular weight excluding hydrogens is 282 g/mol. The van der Waals surface area contributed by atoms with E-state index in [1.165, 1.54) is 0 Å². The lowest BCUT2D eigenvalue weighted by Gasteiger charge is -2.32. The smallest absolute Gasteiger partial charge is 0.230 e. The number of nitrogens with zero attached hydrogens (tertiary/aromatic N) is 1. The lowest BCUT2D eigenvalue weighted by atomic mass is 9.80. The van der Waals surface area contributed by atoms with Gasteiger partial charge in [-0.1, -0.05) is 6.92 Å². The van der Waals surface area contributed by atoms with Gasteiger partial charge in [0.05, 0.1) is 10.2 Å². The molecule has 0 bridgehead atoms. The molecule has 92 valence electrons. The largest absolute Gasteiger partial charge is 0.324 e. The van der Waals surface area contributed by atoms with Crippen molar-refractivity contribution >= 4 is 27.5 Å². The normalized spacial score (nSPS) is 18.7. The SMILES string of the molecule is CC1(C(=O)Nc2ccncc2Br)CCNCC1. The molecule has 1 aliphatic rings. The Morgan fingerprint density at radius 1 is 1.53 bits per heavy atom. The highest BCUT2D eigenvalue weighted by Crippen LogP contribution is 2.30. The Hall–Kier alpha value is -0.940. The van der Waals surface area contributed by atoms with Crippen LogP contribution in [0.1, 0.15) is 19.8 Å². The van der Waals surface area contributed by atoms with Gasteiger partial charge in [0.25, 0.3) is 0 Å². The zero-order valence-electron chi connectivity index (χ0n) is 9.79. The highest BCUT2D eigenvalue weighted by molar-refractivity contribution is 9.10. The third-order valence-corrected chi connectivity index (χ3v) is 3.91. The molecule has 17 heavy (non-hydrogen) atoms. The van der Waals surface area contributed by atoms with Gasteiger partial charge in [0, 0.05) is 17.8 Å². The molecule has 4 nitrogen and oxygen atoms in total. The fraction of sp³-hybridized carbons (Fsp3) is 0.500. The van der Waals surface area contributed by atoms with Crippen molar-refractivity contribution < 1.29 is 4.79 Å². The summed E-state index contributed by atoms with van der Waals surface area (Å²) in [5.74, 6) is 0.0888. The summed E-state index contributed by atoms with van der Waals surface area (Å²) in [6.45, 7) is 3.83. The highest BCUT2D eigenvalue weighted by atomic mass is 79.9. The van der Waals surface area contributed by atoms with E-state index < -0.39 is 0 Å². The number of carbonyl (C=O) groups excluding carboxylic acids is 1. The van der Waals surface area contributed by atoms with Crippen LogP contribution < -0.4 is 10.6 Å². The lowest BCUT2D eigenvalue weighted by molar-refractivity contribution is -0.126. The van der Waals surface area contributed by atoms with E-state index in [-0.39, 0.29) is 11.3 Å². The van der Waals surface area contributed by atoms with Crippen LogP contribution in [-0.2, 0) is 4.79 Å². The molecule has 0 radical (unpaired) electrons. The number of piperidine rings is 1. The second-order valence-electron chi connectivity index (χ2n) is 4.62. The predicted molar refractivity (Wildman–Crippen MR) is 70.8 cm³/mol. The first kappa shape index (κ1) is 12.5. The fourth-order valence-corrected chi connectivity index (χ4v) is 2.30. The first-order chi connectivity index (χ1) is 8.12. The van der Waals surface area contributed by atoms with Gasteiger partial charge in [0.15, 0.2) is 0 Å². The molecule has 2 heterocycles. The molecule has 1 aromatic rings. The van der Waals surface area contributed by atoms with Crippen LogP contribution in [0.4, 0.5) is 5.69 Å². The summed E-state index contributed by atoms with van der Waals surface area (Å²) >= 11 is 3.38. The Balaban J connectivity index is 2.08. The maximum atomic E-state index is 12.3. The van der Waals surface area contributed by atoms with Crippen molar-refractivity contribution in [3.8, 4) is 0 Å². The van der Waals surface area contributed by atoms with Crippen LogP contribution in [0, 0.1) is 5.41 Å². The average molecular weight is 298 g/mol. The molecule has 1 saturated heterocycles. The van der Waals surface area contributed by atoms with E-state index in [4.69, 9.17) is 0 Å². The second kappa shape index (κ2) is 5.14. The summed E-state index contributed by atoms with van der Waals surface area (Å²) < 4.78 is 0.811. The summed E-state index contributed by atoms with van der Waals surface area (Å²) in [6.07, 6.45) is 5.11. The summed E-state index contributed by atoms with van der Waals surface area (Å²) in [6, 6.07) is 1.80. The zero-order chi connectivity index (χ0) is 12.3. The van der Waals surface area contributed by atoms with Gasteiger partial charge in [0.2, 0.25) is 5.91 Å². The monoisotopic (exact) mass is 297 g/mol. The van der Waals surface area contributed by atoms with Gasteiger partial charge in [-0.2, -0.15) is 0 Å². The lowest BCUT2D eigenvalue weighted by Crippen LogP contribution is -2.42. The standard InChI is InChI=1S/C12H16BrN3O/c1-12(3-6-14-7-4-12)11(17)16-10-2-5-15-8-9(10)13/h2,5,8,14H,3-4,6-7H2,1H3,(H,15,16,17). The van der Waals surface area contributed by atoms with Crippen LogP contribution in [0.15, 0.2) is 22.9 Å². The third kappa shape index (κ3) is 2.84. The molecule has 0 atom stereocenters. The van der Waals surface area contributed by atoms with Gasteiger partial charge >= 0.3 is 0 Å². The maximum Gasteiger partial charge on any atom is 0.230 e. The molecule has 1 amide bonds. The van der Waals surface area contributed by atoms with Gasteiger partial charge in [-0.05, 0) is 47.9 Å². The molecule has 0 aliphatic carbocycles. The van der Waals surface area contributed by atoms with Gasteiger partial charge in [0.1, 0.15) is 0 Å². The zero-order valence-corrected chi connectivity index (χ0v) is 11.4. The van der Waals surface area contributed by atoms with Crippen LogP contribution in [-0.4, -0.2) is 24.0 Å². The van der Waals surface area contributed by atoms with E-state index in [0.29, 0.717) is 0 Å². The Bertz CT molecular complexity index is 416. The number of anilines is 1. The van der Waals surface area contributed by atoms with Crippen molar-refractivity contribution in [3.05, 3.63) is 22.9 Å². The van der Waals surface area contributed by atoms with Crippen molar-refractivity contribution in [3.63, 3.8) is 0 Å². The number of nitrogens with one attached hydrogen (secondary N) is 2. The van der Waals surface area contributed by atoms with Crippen LogP contribution in [0.25, 0.3) is 0 Å². The van der Waals surface area contributed by atoms with Crippen molar-refractivity contribution in [2.24, 2.45) is 5.41 Å². The Morgan fingerprint density at radius 3 is 2.88 bits per heavy atom. The van der Waals surface area contributed by atoms with E-state index in [0.717, 1.165) is 36.1 Å². The summed E-state index contributed by atoms with van der Waals surface area (Å²) in [4.78, 5) is 16.2. The number of pyridine rings is 1. The molecule has 2 rings (SSSR count). The van der Waals surface area contributed by atoms with Crippen molar-refractivity contribution in [1.82, 2.24) is 10.3 Å². The summed E-state index contributed by atoms with van der Waals surface area (Å²) in [5.41, 5.74) is 0.512. The van der Waals surface area contributed by atoms with Crippen LogP contribution in [0.5, 0.6) is 0 Å². The minimum Gasteiger partial charge on any atom is -0.324 e. The summed E-state index contributed by atoms with van der Waals surface area (Å²) in [5, 5.41) is 6.24. The van der Waals surface area contributed by atoms with E-state index in [2.05, 4.69) is 31.5 Å². The van der Waals surface area contributed by atoms with E-state index in [1.807, 2.05) is 6.92 Å². The molecule has 2 N–H and O–H groups in total. The number of hydrogen-bond donors (Lipinski definition) is 2. The number of carbonyl (C=O) groups is 1. The number of amides is 1. The molecule has 1 fully saturated rings. The van der Waals surface area contributed by atoms with Gasteiger partial charge in [-0.25, -0.2) is 0 Å². The van der Waals surface area contributed by atoms with Crippen molar-refractivity contribution in [1.29, 1.82) is 0 Å². The third-order valence-electron chi connectivity index (χ3n) is 3.28. The molecule has 5 heteroatoms. The first-order valence-electron chi connectivity index (χ1n) is 5.73. The molecule has 1 aliphatic heterocycles. The van der Waals surface area contributed by atoms with E-state index in [1.54, 1.807) is 18.5 Å². The van der Waals surface area contributed by atoms with Crippen LogP contribution >= 0.6 is 15.9 Å². The molecule has 1 aromatic heterocycles. The molecule has 0 spiro atoms. The first-order valence-corrected chi connectivity index (χ1v) is 6.53. The molecule has 0 unspecified atom stereocenters. The van der Waals surface area contributed by atoms with Crippen LogP contribution in [0.3, 0.4) is 0 Å². The molecule has 0 saturated carbocycles. The predicted octanol–water partition coefficient (Wildman–Crippen LogP) is 2.17. The average Bonchev–Trinajstić information content (AvgIpc) is 2.33. The van der Waals surface area contributed by atoms with Gasteiger partial charge in [-0.3, -0.25) is 9.78 Å².